The van der Waals surface area contributed by atoms with E-state index in [1.807, 2.05) is 6.92 Å². The van der Waals surface area contributed by atoms with Gasteiger partial charge in [-0.3, -0.25) is 14.9 Å². The van der Waals surface area contributed by atoms with Crippen LogP contribution in [-0.4, -0.2) is 48.9 Å². The van der Waals surface area contributed by atoms with Crippen LogP contribution in [0.15, 0.2) is 29.3 Å². The van der Waals surface area contributed by atoms with E-state index < -0.39 is 4.92 Å². The van der Waals surface area contributed by atoms with Crippen LogP contribution in [0.1, 0.15) is 18.9 Å². The Morgan fingerprint density at radius 2 is 1.88 bits per heavy atom. The molecule has 0 heterocycles. The van der Waals surface area contributed by atoms with Crippen LogP contribution in [0.2, 0.25) is 0 Å². The SMILES string of the molecule is CCCNC(=NCc1ccc([N+](=O)[O-])cc1)NCC(=O)N(C)C.I. The molecule has 0 fully saturated rings. The third-order valence-electron chi connectivity index (χ3n) is 3.02. The summed E-state index contributed by atoms with van der Waals surface area (Å²) < 4.78 is 0. The Kier molecular flexibility index (Phi) is 10.7. The lowest BCUT2D eigenvalue weighted by molar-refractivity contribution is -0.384. The monoisotopic (exact) mass is 449 g/mol. The van der Waals surface area contributed by atoms with E-state index in [0.29, 0.717) is 12.5 Å². The highest BCUT2D eigenvalue weighted by molar-refractivity contribution is 14.0. The second-order valence-corrected chi connectivity index (χ2v) is 5.16. The number of benzene rings is 1. The largest absolute Gasteiger partial charge is 0.356 e. The highest BCUT2D eigenvalue weighted by Gasteiger charge is 2.06. The third kappa shape index (κ3) is 8.09. The molecule has 0 unspecified atom stereocenters. The fourth-order valence-corrected chi connectivity index (χ4v) is 1.63. The molecule has 1 aromatic carbocycles. The maximum Gasteiger partial charge on any atom is 0.269 e. The molecule has 8 nitrogen and oxygen atoms in total. The van der Waals surface area contributed by atoms with Crippen molar-refractivity contribution in [3.05, 3.63) is 39.9 Å². The Balaban J connectivity index is 0.00000529. The van der Waals surface area contributed by atoms with Gasteiger partial charge in [-0.15, -0.1) is 24.0 Å². The van der Waals surface area contributed by atoms with Crippen molar-refractivity contribution in [1.29, 1.82) is 0 Å². The van der Waals surface area contributed by atoms with Crippen molar-refractivity contribution in [1.82, 2.24) is 15.5 Å². The van der Waals surface area contributed by atoms with Gasteiger partial charge in [0.05, 0.1) is 18.0 Å². The minimum Gasteiger partial charge on any atom is -0.356 e. The van der Waals surface area contributed by atoms with E-state index >= 15 is 0 Å². The molecule has 1 rings (SSSR count). The number of amides is 1. The minimum atomic E-state index is -0.435. The molecule has 0 aromatic heterocycles. The van der Waals surface area contributed by atoms with Gasteiger partial charge < -0.3 is 15.5 Å². The van der Waals surface area contributed by atoms with Crippen LogP contribution in [0, 0.1) is 10.1 Å². The summed E-state index contributed by atoms with van der Waals surface area (Å²) in [5.41, 5.74) is 0.906. The minimum absolute atomic E-state index is 0. The van der Waals surface area contributed by atoms with Gasteiger partial charge in [-0.2, -0.15) is 0 Å². The Hall–Kier alpha value is -1.91. The van der Waals surface area contributed by atoms with E-state index in [9.17, 15) is 14.9 Å². The number of carbonyl (C=O) groups is 1. The zero-order valence-corrected chi connectivity index (χ0v) is 16.4. The molecule has 0 aliphatic heterocycles. The van der Waals surface area contributed by atoms with Gasteiger partial charge in [0.2, 0.25) is 5.91 Å². The molecule has 134 valence electrons. The normalized spacial score (nSPS) is 10.5. The van der Waals surface area contributed by atoms with Crippen LogP contribution in [0.5, 0.6) is 0 Å². The van der Waals surface area contributed by atoms with Crippen molar-refractivity contribution in [3.63, 3.8) is 0 Å². The number of nitrogens with zero attached hydrogens (tertiary/aromatic N) is 3. The van der Waals surface area contributed by atoms with E-state index in [0.717, 1.165) is 18.5 Å². The molecular weight excluding hydrogens is 425 g/mol. The Morgan fingerprint density at radius 1 is 1.25 bits per heavy atom. The summed E-state index contributed by atoms with van der Waals surface area (Å²) in [6, 6.07) is 6.24. The second-order valence-electron chi connectivity index (χ2n) is 5.16. The number of rotatable bonds is 7. The summed E-state index contributed by atoms with van der Waals surface area (Å²) in [4.78, 5) is 27.7. The molecule has 0 aliphatic rings. The molecule has 1 amide bonds. The zero-order valence-electron chi connectivity index (χ0n) is 14.1. The quantitative estimate of drug-likeness (QED) is 0.217. The standard InChI is InChI=1S/C15H23N5O3.HI/c1-4-9-16-15(18-11-14(21)19(2)3)17-10-12-5-7-13(8-6-12)20(22)23;/h5-8H,4,9-11H2,1-3H3,(H2,16,17,18);1H. The van der Waals surface area contributed by atoms with E-state index in [4.69, 9.17) is 0 Å². The predicted molar refractivity (Wildman–Crippen MR) is 105 cm³/mol. The number of carbonyl (C=O) groups excluding carboxylic acids is 1. The van der Waals surface area contributed by atoms with E-state index in [1.54, 1.807) is 26.2 Å². The summed E-state index contributed by atoms with van der Waals surface area (Å²) in [6.07, 6.45) is 0.930. The maximum atomic E-state index is 11.6. The van der Waals surface area contributed by atoms with Crippen molar-refractivity contribution in [2.75, 3.05) is 27.2 Å². The van der Waals surface area contributed by atoms with Crippen LogP contribution in [-0.2, 0) is 11.3 Å². The number of guanidine groups is 1. The summed E-state index contributed by atoms with van der Waals surface area (Å²) in [5.74, 6) is 0.492. The lowest BCUT2D eigenvalue weighted by Crippen LogP contribution is -2.43. The number of nitrogens with one attached hydrogen (secondary N) is 2. The highest BCUT2D eigenvalue weighted by atomic mass is 127. The number of hydrogen-bond acceptors (Lipinski definition) is 4. The zero-order chi connectivity index (χ0) is 17.2. The summed E-state index contributed by atoms with van der Waals surface area (Å²) in [6.45, 7) is 3.30. The molecule has 0 aliphatic carbocycles. The first-order valence-electron chi connectivity index (χ1n) is 7.39. The first-order chi connectivity index (χ1) is 10.9. The lowest BCUT2D eigenvalue weighted by Gasteiger charge is -2.14. The van der Waals surface area contributed by atoms with Gasteiger partial charge >= 0.3 is 0 Å². The number of hydrogen-bond donors (Lipinski definition) is 2. The maximum absolute atomic E-state index is 11.6. The molecule has 1 aromatic rings. The summed E-state index contributed by atoms with van der Waals surface area (Å²) >= 11 is 0. The van der Waals surface area contributed by atoms with Gasteiger partial charge in [0.25, 0.3) is 5.69 Å². The number of non-ortho nitro benzene ring substituents is 1. The predicted octanol–water partition coefficient (Wildman–Crippen LogP) is 1.75. The van der Waals surface area contributed by atoms with E-state index in [-0.39, 0.29) is 42.1 Å². The fourth-order valence-electron chi connectivity index (χ4n) is 1.63. The van der Waals surface area contributed by atoms with Crippen molar-refractivity contribution in [2.24, 2.45) is 4.99 Å². The molecular formula is C15H24IN5O3. The number of likely N-dealkylation sites (N-methyl/N-ethyl adjacent to an activating group) is 1. The van der Waals surface area contributed by atoms with Crippen molar-refractivity contribution >= 4 is 41.5 Å². The van der Waals surface area contributed by atoms with Crippen LogP contribution in [0.25, 0.3) is 0 Å². The summed E-state index contributed by atoms with van der Waals surface area (Å²) in [5, 5.41) is 16.7. The summed E-state index contributed by atoms with van der Waals surface area (Å²) in [7, 11) is 3.38. The molecule has 2 N–H and O–H groups in total. The van der Waals surface area contributed by atoms with Gasteiger partial charge in [0.15, 0.2) is 5.96 Å². The van der Waals surface area contributed by atoms with Gasteiger partial charge in [-0.1, -0.05) is 19.1 Å². The van der Waals surface area contributed by atoms with Crippen molar-refractivity contribution in [3.8, 4) is 0 Å². The van der Waals surface area contributed by atoms with Gasteiger partial charge in [-0.05, 0) is 12.0 Å². The van der Waals surface area contributed by atoms with Crippen molar-refractivity contribution in [2.45, 2.75) is 19.9 Å². The first-order valence-corrected chi connectivity index (χ1v) is 7.39. The average molecular weight is 449 g/mol. The third-order valence-corrected chi connectivity index (χ3v) is 3.02. The smallest absolute Gasteiger partial charge is 0.269 e. The Bertz CT molecular complexity index is 561. The number of nitro groups is 1. The molecule has 9 heteroatoms. The van der Waals surface area contributed by atoms with Crippen LogP contribution in [0.3, 0.4) is 0 Å². The molecule has 0 spiro atoms. The molecule has 0 saturated heterocycles. The average Bonchev–Trinajstić information content (AvgIpc) is 2.54. The molecule has 0 atom stereocenters. The fraction of sp³-hybridized carbons (Fsp3) is 0.467. The second kappa shape index (κ2) is 11.6. The van der Waals surface area contributed by atoms with Gasteiger partial charge in [-0.25, -0.2) is 4.99 Å². The lowest BCUT2D eigenvalue weighted by atomic mass is 10.2. The van der Waals surface area contributed by atoms with Crippen LogP contribution < -0.4 is 10.6 Å². The molecule has 0 radical (unpaired) electrons. The highest BCUT2D eigenvalue weighted by Crippen LogP contribution is 2.12. The van der Waals surface area contributed by atoms with Crippen LogP contribution in [0.4, 0.5) is 5.69 Å². The number of aliphatic imine (C=N–C) groups is 1. The first kappa shape index (κ1) is 22.1. The molecule has 0 saturated carbocycles. The van der Waals surface area contributed by atoms with E-state index in [2.05, 4.69) is 15.6 Å². The topological polar surface area (TPSA) is 99.9 Å². The van der Waals surface area contributed by atoms with Gasteiger partial charge in [0.1, 0.15) is 0 Å². The van der Waals surface area contributed by atoms with Crippen molar-refractivity contribution < 1.29 is 9.72 Å². The Labute approximate surface area is 158 Å². The van der Waals surface area contributed by atoms with E-state index in [1.165, 1.54) is 17.0 Å². The molecule has 0 bridgehead atoms. The molecule has 24 heavy (non-hydrogen) atoms. The number of nitro benzene ring substituents is 1. The Morgan fingerprint density at radius 3 is 2.38 bits per heavy atom. The van der Waals surface area contributed by atoms with Gasteiger partial charge in [0, 0.05) is 32.8 Å². The number of halogens is 1. The van der Waals surface area contributed by atoms with Crippen LogP contribution >= 0.6 is 24.0 Å².